The first-order valence-corrected chi connectivity index (χ1v) is 8.63. The van der Waals surface area contributed by atoms with Crippen molar-refractivity contribution in [2.24, 2.45) is 0 Å². The van der Waals surface area contributed by atoms with Gasteiger partial charge >= 0.3 is 5.97 Å². The van der Waals surface area contributed by atoms with Gasteiger partial charge in [-0.15, -0.1) is 0 Å². The molecule has 0 atom stereocenters. The van der Waals surface area contributed by atoms with Gasteiger partial charge < -0.3 is 19.5 Å². The lowest BCUT2D eigenvalue weighted by Crippen LogP contribution is -2.20. The van der Waals surface area contributed by atoms with Crippen LogP contribution in [0.15, 0.2) is 48.5 Å². The number of para-hydroxylation sites is 1. The number of rotatable bonds is 9. The predicted octanol–water partition coefficient (Wildman–Crippen LogP) is 3.20. The van der Waals surface area contributed by atoms with E-state index in [0.29, 0.717) is 23.7 Å². The number of benzene rings is 2. The molecule has 0 spiro atoms. The molecule has 29 heavy (non-hydrogen) atoms. The minimum atomic E-state index is -0.743. The largest absolute Gasteiger partial charge is 0.496 e. The third-order valence-corrected chi connectivity index (χ3v) is 3.63. The molecule has 0 heterocycles. The second-order valence-electron chi connectivity index (χ2n) is 5.60. The van der Waals surface area contributed by atoms with Crippen LogP contribution in [-0.4, -0.2) is 37.1 Å². The summed E-state index contributed by atoms with van der Waals surface area (Å²) in [4.78, 5) is 34.4. The molecular weight excluding hydrogens is 380 g/mol. The van der Waals surface area contributed by atoms with Gasteiger partial charge in [0.2, 0.25) is 0 Å². The molecule has 0 fully saturated rings. The van der Waals surface area contributed by atoms with E-state index in [2.05, 4.69) is 5.32 Å². The normalized spacial score (nSPS) is 10.4. The molecule has 9 nitrogen and oxygen atoms in total. The summed E-state index contributed by atoms with van der Waals surface area (Å²) >= 11 is 0. The number of hydrogen-bond acceptors (Lipinski definition) is 7. The van der Waals surface area contributed by atoms with Crippen molar-refractivity contribution in [3.63, 3.8) is 0 Å². The third kappa shape index (κ3) is 6.35. The first kappa shape index (κ1) is 21.4. The SMILES string of the molecule is CCOc1ccc(NC(=O)COC(=O)/C=C/c2ccccc2OC)c([N+](=O)[O-])c1. The Morgan fingerprint density at radius 2 is 1.97 bits per heavy atom. The van der Waals surface area contributed by atoms with Crippen molar-refractivity contribution in [1.29, 1.82) is 0 Å². The van der Waals surface area contributed by atoms with Crippen LogP contribution in [0.1, 0.15) is 12.5 Å². The summed E-state index contributed by atoms with van der Waals surface area (Å²) in [5.41, 5.74) is 0.317. The molecule has 0 aliphatic rings. The van der Waals surface area contributed by atoms with Crippen molar-refractivity contribution in [2.75, 3.05) is 25.6 Å². The highest BCUT2D eigenvalue weighted by Gasteiger charge is 2.18. The number of hydrogen-bond donors (Lipinski definition) is 1. The maximum absolute atomic E-state index is 12.0. The molecule has 1 amide bonds. The number of nitro groups is 1. The fourth-order valence-corrected chi connectivity index (χ4v) is 2.36. The second kappa shape index (κ2) is 10.5. The van der Waals surface area contributed by atoms with Crippen LogP contribution in [-0.2, 0) is 14.3 Å². The molecule has 2 rings (SSSR count). The third-order valence-electron chi connectivity index (χ3n) is 3.63. The zero-order chi connectivity index (χ0) is 21.2. The lowest BCUT2D eigenvalue weighted by molar-refractivity contribution is -0.384. The van der Waals surface area contributed by atoms with Crippen LogP contribution in [0.2, 0.25) is 0 Å². The van der Waals surface area contributed by atoms with Crippen molar-refractivity contribution in [3.8, 4) is 11.5 Å². The molecule has 152 valence electrons. The summed E-state index contributed by atoms with van der Waals surface area (Å²) in [5, 5.41) is 13.5. The van der Waals surface area contributed by atoms with Crippen LogP contribution < -0.4 is 14.8 Å². The van der Waals surface area contributed by atoms with Crippen molar-refractivity contribution < 1.29 is 28.7 Å². The van der Waals surface area contributed by atoms with Crippen LogP contribution in [0.5, 0.6) is 11.5 Å². The summed E-state index contributed by atoms with van der Waals surface area (Å²) in [6.07, 6.45) is 2.65. The average molecular weight is 400 g/mol. The monoisotopic (exact) mass is 400 g/mol. The van der Waals surface area contributed by atoms with Gasteiger partial charge in [0.25, 0.3) is 11.6 Å². The number of carbonyl (C=O) groups is 2. The smallest absolute Gasteiger partial charge is 0.331 e. The van der Waals surface area contributed by atoms with Crippen molar-refractivity contribution in [1.82, 2.24) is 0 Å². The number of amides is 1. The molecule has 0 bridgehead atoms. The highest BCUT2D eigenvalue weighted by Crippen LogP contribution is 2.29. The van der Waals surface area contributed by atoms with Crippen LogP contribution in [0, 0.1) is 10.1 Å². The molecular formula is C20H20N2O7. The van der Waals surface area contributed by atoms with Crippen LogP contribution >= 0.6 is 0 Å². The van der Waals surface area contributed by atoms with E-state index in [0.717, 1.165) is 6.08 Å². The van der Waals surface area contributed by atoms with Crippen LogP contribution in [0.3, 0.4) is 0 Å². The molecule has 1 N–H and O–H groups in total. The number of nitrogens with zero attached hydrogens (tertiary/aromatic N) is 1. The number of nitro benzene ring substituents is 1. The highest BCUT2D eigenvalue weighted by atomic mass is 16.6. The molecule has 2 aromatic rings. The van der Waals surface area contributed by atoms with Gasteiger partial charge in [0.05, 0.1) is 24.7 Å². The Bertz CT molecular complexity index is 925. The molecule has 0 saturated carbocycles. The average Bonchev–Trinajstić information content (AvgIpc) is 2.72. The minimum Gasteiger partial charge on any atom is -0.496 e. The van der Waals surface area contributed by atoms with E-state index in [1.165, 1.54) is 31.4 Å². The Morgan fingerprint density at radius 1 is 1.21 bits per heavy atom. The van der Waals surface area contributed by atoms with Gasteiger partial charge in [-0.1, -0.05) is 18.2 Å². The molecule has 0 aliphatic carbocycles. The molecule has 0 unspecified atom stereocenters. The van der Waals surface area contributed by atoms with Gasteiger partial charge in [0, 0.05) is 11.6 Å². The van der Waals surface area contributed by atoms with Gasteiger partial charge in [-0.2, -0.15) is 0 Å². The van der Waals surface area contributed by atoms with E-state index in [4.69, 9.17) is 14.2 Å². The Balaban J connectivity index is 1.95. The standard InChI is InChI=1S/C20H20N2O7/c1-3-28-15-9-10-16(17(12-15)22(25)26)21-19(23)13-29-20(24)11-8-14-6-4-5-7-18(14)27-2/h4-12H,3,13H2,1-2H3,(H,21,23)/b11-8+. The number of ether oxygens (including phenoxy) is 3. The minimum absolute atomic E-state index is 0.0240. The van der Waals surface area contributed by atoms with Gasteiger partial charge in [0.1, 0.15) is 17.2 Å². The summed E-state index contributed by atoms with van der Waals surface area (Å²) in [7, 11) is 1.51. The Labute approximate surface area is 167 Å². The summed E-state index contributed by atoms with van der Waals surface area (Å²) in [5.74, 6) is -0.564. The van der Waals surface area contributed by atoms with E-state index in [-0.39, 0.29) is 11.4 Å². The molecule has 0 aromatic heterocycles. The van der Waals surface area contributed by atoms with Gasteiger partial charge in [0.15, 0.2) is 6.61 Å². The van der Waals surface area contributed by atoms with Crippen molar-refractivity contribution in [2.45, 2.75) is 6.92 Å². The number of esters is 1. The first-order valence-electron chi connectivity index (χ1n) is 8.63. The van der Waals surface area contributed by atoms with E-state index in [1.807, 2.05) is 0 Å². The van der Waals surface area contributed by atoms with Crippen LogP contribution in [0.25, 0.3) is 6.08 Å². The number of methoxy groups -OCH3 is 1. The summed E-state index contributed by atoms with van der Waals surface area (Å²) in [6, 6.07) is 11.1. The van der Waals surface area contributed by atoms with Gasteiger partial charge in [-0.3, -0.25) is 14.9 Å². The van der Waals surface area contributed by atoms with E-state index < -0.39 is 23.4 Å². The topological polar surface area (TPSA) is 117 Å². The second-order valence-corrected chi connectivity index (χ2v) is 5.60. The number of anilines is 1. The van der Waals surface area contributed by atoms with Gasteiger partial charge in [-0.25, -0.2) is 4.79 Å². The Morgan fingerprint density at radius 3 is 2.66 bits per heavy atom. The Kier molecular flexibility index (Phi) is 7.72. The van der Waals surface area contributed by atoms with E-state index in [9.17, 15) is 19.7 Å². The maximum Gasteiger partial charge on any atom is 0.331 e. The number of nitrogens with one attached hydrogen (secondary N) is 1. The fraction of sp³-hybridized carbons (Fsp3) is 0.200. The molecule has 0 saturated heterocycles. The predicted molar refractivity (Wildman–Crippen MR) is 106 cm³/mol. The van der Waals surface area contributed by atoms with Crippen molar-refractivity contribution >= 4 is 29.3 Å². The molecule has 9 heteroatoms. The lowest BCUT2D eigenvalue weighted by atomic mass is 10.2. The molecule has 0 aliphatic heterocycles. The van der Waals surface area contributed by atoms with Crippen LogP contribution in [0.4, 0.5) is 11.4 Å². The first-order chi connectivity index (χ1) is 13.9. The maximum atomic E-state index is 12.0. The molecule has 0 radical (unpaired) electrons. The number of carbonyl (C=O) groups excluding carboxylic acids is 2. The summed E-state index contributed by atoms with van der Waals surface area (Å²) < 4.78 is 15.2. The van der Waals surface area contributed by atoms with E-state index in [1.54, 1.807) is 31.2 Å². The quantitative estimate of drug-likeness (QED) is 0.297. The lowest BCUT2D eigenvalue weighted by Gasteiger charge is -2.08. The Hall–Kier alpha value is -3.88. The molecule has 2 aromatic carbocycles. The van der Waals surface area contributed by atoms with Gasteiger partial charge in [-0.05, 0) is 31.2 Å². The van der Waals surface area contributed by atoms with Crippen molar-refractivity contribution in [3.05, 3.63) is 64.2 Å². The zero-order valence-electron chi connectivity index (χ0n) is 15.9. The van der Waals surface area contributed by atoms with E-state index >= 15 is 0 Å². The summed E-state index contributed by atoms with van der Waals surface area (Å²) in [6.45, 7) is 1.50. The highest BCUT2D eigenvalue weighted by molar-refractivity contribution is 5.96. The zero-order valence-corrected chi connectivity index (χ0v) is 15.9. The fourth-order valence-electron chi connectivity index (χ4n) is 2.36.